The molecule has 1 aromatic rings. The van der Waals surface area contributed by atoms with Crippen molar-refractivity contribution in [3.05, 3.63) is 24.3 Å². The third-order valence-corrected chi connectivity index (χ3v) is 2.89. The van der Waals surface area contributed by atoms with Crippen LogP contribution in [0.3, 0.4) is 0 Å². The van der Waals surface area contributed by atoms with Crippen molar-refractivity contribution in [3.8, 4) is 5.75 Å². The van der Waals surface area contributed by atoms with E-state index in [1.165, 1.54) is 0 Å². The molecule has 1 aliphatic carbocycles. The van der Waals surface area contributed by atoms with Gasteiger partial charge in [-0.25, -0.2) is 0 Å². The van der Waals surface area contributed by atoms with E-state index in [2.05, 4.69) is 0 Å². The summed E-state index contributed by atoms with van der Waals surface area (Å²) in [5.74, 6) is 1.34. The summed E-state index contributed by atoms with van der Waals surface area (Å²) in [6.07, 6.45) is 2.09. The first kappa shape index (κ1) is 11.0. The lowest BCUT2D eigenvalue weighted by Gasteiger charge is -2.21. The molecule has 86 valence electrons. The molecule has 0 bridgehead atoms. The quantitative estimate of drug-likeness (QED) is 0.778. The minimum absolute atomic E-state index is 0.257. The van der Waals surface area contributed by atoms with Crippen LogP contribution in [0.4, 0.5) is 5.69 Å². The molecule has 1 aromatic carbocycles. The van der Waals surface area contributed by atoms with Crippen LogP contribution in [0.25, 0.3) is 0 Å². The molecule has 3 nitrogen and oxygen atoms in total. The Balaban J connectivity index is 2.15. The van der Waals surface area contributed by atoms with E-state index < -0.39 is 0 Å². The number of hydrogen-bond acceptors (Lipinski definition) is 2. The largest absolute Gasteiger partial charge is 0.497 e. The average Bonchev–Trinajstić information content (AvgIpc) is 3.14. The second kappa shape index (κ2) is 4.56. The number of carbonyl (C=O) groups excluding carboxylic acids is 1. The molecule has 0 heterocycles. The second-order valence-corrected chi connectivity index (χ2v) is 4.05. The maximum atomic E-state index is 12.0. The van der Waals surface area contributed by atoms with Crippen LogP contribution in [0.2, 0.25) is 0 Å². The molecule has 0 spiro atoms. The fourth-order valence-electron chi connectivity index (χ4n) is 1.78. The first-order valence-electron chi connectivity index (χ1n) is 5.71. The maximum Gasteiger partial charge on any atom is 0.230 e. The van der Waals surface area contributed by atoms with Crippen LogP contribution in [0.15, 0.2) is 24.3 Å². The Morgan fingerprint density at radius 3 is 2.44 bits per heavy atom. The van der Waals surface area contributed by atoms with Crippen LogP contribution in [-0.2, 0) is 4.79 Å². The summed E-state index contributed by atoms with van der Waals surface area (Å²) in [7, 11) is 1.64. The fraction of sp³-hybridized carbons (Fsp3) is 0.462. The van der Waals surface area contributed by atoms with Gasteiger partial charge in [0.15, 0.2) is 0 Å². The van der Waals surface area contributed by atoms with Gasteiger partial charge in [0, 0.05) is 18.2 Å². The number of anilines is 1. The van der Waals surface area contributed by atoms with Gasteiger partial charge < -0.3 is 9.64 Å². The molecule has 0 saturated heterocycles. The minimum Gasteiger partial charge on any atom is -0.497 e. The van der Waals surface area contributed by atoms with E-state index in [1.807, 2.05) is 36.1 Å². The molecule has 0 unspecified atom stereocenters. The van der Waals surface area contributed by atoms with Gasteiger partial charge in [-0.2, -0.15) is 0 Å². The molecule has 2 rings (SSSR count). The van der Waals surface area contributed by atoms with Crippen LogP contribution < -0.4 is 9.64 Å². The fourth-order valence-corrected chi connectivity index (χ4v) is 1.78. The topological polar surface area (TPSA) is 29.5 Å². The zero-order valence-electron chi connectivity index (χ0n) is 9.77. The molecular formula is C13H17NO2. The molecule has 3 heteroatoms. The van der Waals surface area contributed by atoms with Gasteiger partial charge in [0.1, 0.15) is 5.75 Å². The zero-order valence-corrected chi connectivity index (χ0v) is 9.77. The molecule has 1 fully saturated rings. The molecule has 0 aliphatic heterocycles. The summed E-state index contributed by atoms with van der Waals surface area (Å²) < 4.78 is 5.10. The third kappa shape index (κ3) is 2.18. The van der Waals surface area contributed by atoms with Gasteiger partial charge in [0.25, 0.3) is 0 Å². The zero-order chi connectivity index (χ0) is 11.5. The van der Waals surface area contributed by atoms with Crippen LogP contribution >= 0.6 is 0 Å². The number of hydrogen-bond donors (Lipinski definition) is 0. The first-order valence-corrected chi connectivity index (χ1v) is 5.71. The van der Waals surface area contributed by atoms with Crippen molar-refractivity contribution in [2.24, 2.45) is 5.92 Å². The highest BCUT2D eigenvalue weighted by Crippen LogP contribution is 2.33. The molecular weight excluding hydrogens is 202 g/mol. The van der Waals surface area contributed by atoms with Gasteiger partial charge in [0.05, 0.1) is 7.11 Å². The number of nitrogens with zero attached hydrogens (tertiary/aromatic N) is 1. The minimum atomic E-state index is 0.257. The molecule has 16 heavy (non-hydrogen) atoms. The van der Waals surface area contributed by atoms with Crippen LogP contribution in [-0.4, -0.2) is 19.6 Å². The molecule has 1 amide bonds. The SMILES string of the molecule is CCN(C(=O)C1CC1)c1ccc(OC)cc1. The van der Waals surface area contributed by atoms with Crippen molar-refractivity contribution in [2.75, 3.05) is 18.6 Å². The van der Waals surface area contributed by atoms with Gasteiger partial charge in [-0.15, -0.1) is 0 Å². The predicted octanol–water partition coefficient (Wildman–Crippen LogP) is 2.46. The Morgan fingerprint density at radius 1 is 1.38 bits per heavy atom. The Kier molecular flexibility index (Phi) is 3.13. The van der Waals surface area contributed by atoms with Gasteiger partial charge in [-0.05, 0) is 44.0 Å². The van der Waals surface area contributed by atoms with Crippen molar-refractivity contribution in [2.45, 2.75) is 19.8 Å². The molecule has 0 atom stereocenters. The van der Waals surface area contributed by atoms with E-state index in [0.717, 1.165) is 30.8 Å². The number of rotatable bonds is 4. The smallest absolute Gasteiger partial charge is 0.230 e. The van der Waals surface area contributed by atoms with E-state index in [-0.39, 0.29) is 11.8 Å². The van der Waals surface area contributed by atoms with E-state index >= 15 is 0 Å². The number of methoxy groups -OCH3 is 1. The Morgan fingerprint density at radius 2 is 2.00 bits per heavy atom. The highest BCUT2D eigenvalue weighted by atomic mass is 16.5. The molecule has 0 aromatic heterocycles. The molecule has 1 aliphatic rings. The predicted molar refractivity (Wildman–Crippen MR) is 63.7 cm³/mol. The summed E-state index contributed by atoms with van der Waals surface area (Å²) in [4.78, 5) is 13.8. The van der Waals surface area contributed by atoms with Gasteiger partial charge in [0.2, 0.25) is 5.91 Å². The van der Waals surface area contributed by atoms with E-state index in [4.69, 9.17) is 4.74 Å². The second-order valence-electron chi connectivity index (χ2n) is 4.05. The standard InChI is InChI=1S/C13H17NO2/c1-3-14(13(15)10-4-5-10)11-6-8-12(16-2)9-7-11/h6-10H,3-5H2,1-2H3. The number of carbonyl (C=O) groups is 1. The lowest BCUT2D eigenvalue weighted by atomic mass is 10.2. The normalized spacial score (nSPS) is 14.6. The van der Waals surface area contributed by atoms with Gasteiger partial charge >= 0.3 is 0 Å². The molecule has 0 radical (unpaired) electrons. The third-order valence-electron chi connectivity index (χ3n) is 2.89. The lowest BCUT2D eigenvalue weighted by molar-refractivity contribution is -0.119. The number of ether oxygens (including phenoxy) is 1. The van der Waals surface area contributed by atoms with E-state index in [1.54, 1.807) is 7.11 Å². The van der Waals surface area contributed by atoms with Crippen molar-refractivity contribution < 1.29 is 9.53 Å². The van der Waals surface area contributed by atoms with Gasteiger partial charge in [-0.1, -0.05) is 0 Å². The Hall–Kier alpha value is -1.51. The summed E-state index contributed by atoms with van der Waals surface area (Å²) in [5.41, 5.74) is 0.959. The maximum absolute atomic E-state index is 12.0. The van der Waals surface area contributed by atoms with Crippen molar-refractivity contribution in [1.82, 2.24) is 0 Å². The number of amides is 1. The van der Waals surface area contributed by atoms with Crippen LogP contribution in [0.1, 0.15) is 19.8 Å². The molecule has 1 saturated carbocycles. The number of benzene rings is 1. The van der Waals surface area contributed by atoms with Crippen molar-refractivity contribution in [1.29, 1.82) is 0 Å². The van der Waals surface area contributed by atoms with Crippen molar-refractivity contribution >= 4 is 11.6 Å². The average molecular weight is 219 g/mol. The van der Waals surface area contributed by atoms with E-state index in [9.17, 15) is 4.79 Å². The summed E-state index contributed by atoms with van der Waals surface area (Å²) >= 11 is 0. The lowest BCUT2D eigenvalue weighted by Crippen LogP contribution is -2.31. The highest BCUT2D eigenvalue weighted by molar-refractivity contribution is 5.96. The Labute approximate surface area is 96.0 Å². The summed E-state index contributed by atoms with van der Waals surface area (Å²) in [5, 5.41) is 0. The van der Waals surface area contributed by atoms with Crippen molar-refractivity contribution in [3.63, 3.8) is 0 Å². The van der Waals surface area contributed by atoms with Crippen LogP contribution in [0, 0.1) is 5.92 Å². The van der Waals surface area contributed by atoms with Crippen LogP contribution in [0.5, 0.6) is 5.75 Å². The Bertz CT molecular complexity index is 368. The first-order chi connectivity index (χ1) is 7.76. The summed E-state index contributed by atoms with van der Waals surface area (Å²) in [6, 6.07) is 7.64. The monoisotopic (exact) mass is 219 g/mol. The summed E-state index contributed by atoms with van der Waals surface area (Å²) in [6.45, 7) is 2.73. The molecule has 0 N–H and O–H groups in total. The highest BCUT2D eigenvalue weighted by Gasteiger charge is 2.33. The van der Waals surface area contributed by atoms with E-state index in [0.29, 0.717) is 0 Å². The van der Waals surface area contributed by atoms with Gasteiger partial charge in [-0.3, -0.25) is 4.79 Å².